The van der Waals surface area contributed by atoms with Crippen LogP contribution >= 0.6 is 65.6 Å². The zero-order chi connectivity index (χ0) is 19.5. The number of hydrogen-bond donors (Lipinski definition) is 6. The van der Waals surface area contributed by atoms with Crippen LogP contribution in [-0.4, -0.2) is 47.7 Å². The van der Waals surface area contributed by atoms with Gasteiger partial charge in [0.2, 0.25) is 0 Å². The van der Waals surface area contributed by atoms with Crippen LogP contribution in [-0.2, 0) is 4.57 Å². The average Bonchev–Trinajstić information content (AvgIpc) is 2.49. The van der Waals surface area contributed by atoms with Crippen molar-refractivity contribution >= 4 is 65.6 Å². The average molecular weight is 466 g/mol. The van der Waals surface area contributed by atoms with Crippen molar-refractivity contribution in [3.8, 4) is 5.75 Å². The highest BCUT2D eigenvalue weighted by atomic mass is 35.5. The fourth-order valence-corrected chi connectivity index (χ4v) is 2.05. The van der Waals surface area contributed by atoms with Gasteiger partial charge in [-0.25, -0.2) is 0 Å². The van der Waals surface area contributed by atoms with E-state index in [1.165, 1.54) is 0 Å². The van der Waals surface area contributed by atoms with Gasteiger partial charge in [-0.3, -0.25) is 4.57 Å². The van der Waals surface area contributed by atoms with Crippen LogP contribution in [0.25, 0.3) is 0 Å². The normalized spacial score (nSPS) is 10.4. The van der Waals surface area contributed by atoms with E-state index >= 15 is 0 Å². The number of phenols is 1. The summed E-state index contributed by atoms with van der Waals surface area (Å²) in [6, 6.07) is 0. The standard InChI is InChI=1S/C6HCl5O.C4H13N3.CH5O3P/c7-1-2(8)4(10)6(12)5(11)3(1)9;5-1-3-7-4-2-6;1-5(2,3)4/h12H;7H,1-6H2;1H3,(H2,2,3,4). The smallest absolute Gasteiger partial charge is 0.322 e. The van der Waals surface area contributed by atoms with Gasteiger partial charge in [0.15, 0.2) is 5.75 Å². The summed E-state index contributed by atoms with van der Waals surface area (Å²) < 4.78 is 9.33. The Balaban J connectivity index is 0. The first-order valence-electron chi connectivity index (χ1n) is 6.22. The minimum atomic E-state index is -3.64. The van der Waals surface area contributed by atoms with Crippen LogP contribution in [0.15, 0.2) is 0 Å². The van der Waals surface area contributed by atoms with Gasteiger partial charge in [0.1, 0.15) is 10.0 Å². The van der Waals surface area contributed by atoms with Crippen LogP contribution in [0.2, 0.25) is 25.1 Å². The van der Waals surface area contributed by atoms with Crippen molar-refractivity contribution in [3.63, 3.8) is 0 Å². The Hall–Kier alpha value is 0.500. The predicted molar refractivity (Wildman–Crippen MR) is 102 cm³/mol. The number of nitrogens with two attached hydrogens (primary N) is 2. The van der Waals surface area contributed by atoms with Crippen molar-refractivity contribution in [3.05, 3.63) is 25.1 Å². The molecule has 7 nitrogen and oxygen atoms in total. The van der Waals surface area contributed by atoms with E-state index in [0.717, 1.165) is 19.8 Å². The van der Waals surface area contributed by atoms with E-state index in [4.69, 9.17) is 79.3 Å². The van der Waals surface area contributed by atoms with Crippen molar-refractivity contribution in [1.29, 1.82) is 0 Å². The van der Waals surface area contributed by atoms with Gasteiger partial charge in [-0.05, 0) is 0 Å². The first kappa shape index (κ1) is 26.7. The summed E-state index contributed by atoms with van der Waals surface area (Å²) in [5.74, 6) is -0.363. The van der Waals surface area contributed by atoms with Crippen molar-refractivity contribution < 1.29 is 19.5 Å². The molecule has 0 aliphatic rings. The molecule has 0 spiro atoms. The summed E-state index contributed by atoms with van der Waals surface area (Å²) in [5.41, 5.74) is 10.3. The maximum Gasteiger partial charge on any atom is 0.322 e. The van der Waals surface area contributed by atoms with Crippen molar-refractivity contribution in [1.82, 2.24) is 5.32 Å². The molecule has 0 unspecified atom stereocenters. The molecule has 13 heteroatoms. The first-order chi connectivity index (χ1) is 10.9. The molecule has 1 aromatic rings. The molecule has 1 rings (SSSR count). The number of rotatable bonds is 4. The number of halogens is 5. The molecular formula is C11H19Cl5N3O4P. The molecule has 0 aliphatic heterocycles. The fourth-order valence-electron chi connectivity index (χ4n) is 0.922. The highest BCUT2D eigenvalue weighted by Gasteiger charge is 2.18. The molecule has 0 amide bonds. The van der Waals surface area contributed by atoms with Gasteiger partial charge in [-0.1, -0.05) is 58.0 Å². The summed E-state index contributed by atoms with van der Waals surface area (Å²) in [6.45, 7) is 3.99. The lowest BCUT2D eigenvalue weighted by atomic mass is 10.3. The van der Waals surface area contributed by atoms with Crippen molar-refractivity contribution in [2.45, 2.75) is 0 Å². The summed E-state index contributed by atoms with van der Waals surface area (Å²) >= 11 is 27.9. The number of benzene rings is 1. The Labute approximate surface area is 165 Å². The fraction of sp³-hybridized carbons (Fsp3) is 0.455. The lowest BCUT2D eigenvalue weighted by molar-refractivity contribution is 0.381. The van der Waals surface area contributed by atoms with Crippen LogP contribution in [0.4, 0.5) is 0 Å². The molecule has 0 atom stereocenters. The second kappa shape index (κ2) is 13.7. The molecule has 0 fully saturated rings. The van der Waals surface area contributed by atoms with E-state index < -0.39 is 7.60 Å². The maximum absolute atomic E-state index is 9.33. The maximum atomic E-state index is 9.33. The lowest BCUT2D eigenvalue weighted by Gasteiger charge is -2.06. The van der Waals surface area contributed by atoms with Crippen molar-refractivity contribution in [2.75, 3.05) is 32.8 Å². The third kappa shape index (κ3) is 12.8. The van der Waals surface area contributed by atoms with E-state index in [1.54, 1.807) is 0 Å². The van der Waals surface area contributed by atoms with Crippen LogP contribution in [0, 0.1) is 0 Å². The number of aromatic hydroxyl groups is 1. The molecule has 0 aliphatic carbocycles. The molecule has 0 radical (unpaired) electrons. The summed E-state index contributed by atoms with van der Waals surface area (Å²) in [7, 11) is -3.64. The topological polar surface area (TPSA) is 142 Å². The highest BCUT2D eigenvalue weighted by Crippen LogP contribution is 2.47. The Morgan fingerprint density at radius 2 is 1.12 bits per heavy atom. The van der Waals surface area contributed by atoms with E-state index in [1.807, 2.05) is 0 Å². The van der Waals surface area contributed by atoms with Crippen molar-refractivity contribution in [2.24, 2.45) is 11.5 Å². The van der Waals surface area contributed by atoms with Gasteiger partial charge in [0, 0.05) is 32.8 Å². The second-order valence-electron chi connectivity index (χ2n) is 4.08. The zero-order valence-electron chi connectivity index (χ0n) is 12.6. The molecule has 142 valence electrons. The predicted octanol–water partition coefficient (Wildman–Crippen LogP) is 2.95. The van der Waals surface area contributed by atoms with Gasteiger partial charge < -0.3 is 31.7 Å². The van der Waals surface area contributed by atoms with Crippen LogP contribution < -0.4 is 16.8 Å². The zero-order valence-corrected chi connectivity index (χ0v) is 17.2. The van der Waals surface area contributed by atoms with Gasteiger partial charge >= 0.3 is 7.60 Å². The van der Waals surface area contributed by atoms with E-state index in [0.29, 0.717) is 13.1 Å². The quantitative estimate of drug-likeness (QED) is 0.174. The molecule has 0 aromatic heterocycles. The van der Waals surface area contributed by atoms with Gasteiger partial charge in [-0.15, -0.1) is 0 Å². The SMILES string of the molecule is CP(=O)(O)O.NCCNCCN.Oc1c(Cl)c(Cl)c(Cl)c(Cl)c1Cl. The summed E-state index contributed by atoms with van der Waals surface area (Å²) in [6.07, 6.45) is 0. The number of phenolic OH excluding ortho intramolecular Hbond substituents is 1. The van der Waals surface area contributed by atoms with Gasteiger partial charge in [0.25, 0.3) is 0 Å². The van der Waals surface area contributed by atoms with E-state index in [2.05, 4.69) is 5.32 Å². The lowest BCUT2D eigenvalue weighted by Crippen LogP contribution is -2.27. The molecule has 0 saturated carbocycles. The number of nitrogens with one attached hydrogen (secondary N) is 1. The van der Waals surface area contributed by atoms with Gasteiger partial charge in [-0.2, -0.15) is 0 Å². The number of hydrogen-bond acceptors (Lipinski definition) is 5. The summed E-state index contributed by atoms with van der Waals surface area (Å²) in [4.78, 5) is 15.3. The Bertz CT molecular complexity index is 442. The highest BCUT2D eigenvalue weighted by molar-refractivity contribution is 7.50. The summed E-state index contributed by atoms with van der Waals surface area (Å²) in [5, 5.41) is 12.0. The Morgan fingerprint density at radius 1 is 0.875 bits per heavy atom. The monoisotopic (exact) mass is 463 g/mol. The van der Waals surface area contributed by atoms with Gasteiger partial charge in [0.05, 0.1) is 15.1 Å². The third-order valence-corrected chi connectivity index (χ3v) is 4.09. The Kier molecular flexibility index (Phi) is 15.2. The van der Waals surface area contributed by atoms with E-state index in [9.17, 15) is 9.67 Å². The molecule has 0 saturated heterocycles. The minimum Gasteiger partial charge on any atom is -0.505 e. The van der Waals surface area contributed by atoms with Crippen LogP contribution in [0.1, 0.15) is 0 Å². The molecule has 0 bridgehead atoms. The molecule has 24 heavy (non-hydrogen) atoms. The van der Waals surface area contributed by atoms with E-state index in [-0.39, 0.29) is 30.9 Å². The van der Waals surface area contributed by atoms with Crippen LogP contribution in [0.3, 0.4) is 0 Å². The minimum absolute atomic E-state index is 0.00904. The molecule has 0 heterocycles. The first-order valence-corrected chi connectivity index (χ1v) is 10.2. The second-order valence-corrected chi connectivity index (χ2v) is 7.64. The Morgan fingerprint density at radius 3 is 1.38 bits per heavy atom. The largest absolute Gasteiger partial charge is 0.505 e. The van der Waals surface area contributed by atoms with Crippen LogP contribution in [0.5, 0.6) is 5.75 Å². The molecular weight excluding hydrogens is 446 g/mol. The third-order valence-electron chi connectivity index (χ3n) is 1.83. The molecule has 1 aromatic carbocycles. The molecule has 8 N–H and O–H groups in total.